The fraction of sp³-hybridized carbons (Fsp3) is 0.455. The molecule has 1 aromatic rings. The summed E-state index contributed by atoms with van der Waals surface area (Å²) >= 11 is 3.20. The van der Waals surface area contributed by atoms with Crippen LogP contribution in [-0.2, 0) is 12.7 Å². The monoisotopic (exact) mass is 311 g/mol. The number of benzene rings is 1. The van der Waals surface area contributed by atoms with Crippen molar-refractivity contribution in [2.75, 3.05) is 6.61 Å². The Labute approximate surface area is 106 Å². The van der Waals surface area contributed by atoms with Gasteiger partial charge >= 0.3 is 6.18 Å². The average molecular weight is 312 g/mol. The largest absolute Gasteiger partial charge is 0.416 e. The maximum absolute atomic E-state index is 12.5. The molecule has 1 rings (SSSR count). The number of hydrogen-bond donors (Lipinski definition) is 2. The highest BCUT2D eigenvalue weighted by Gasteiger charge is 2.30. The number of aliphatic hydroxyl groups excluding tert-OH is 1. The summed E-state index contributed by atoms with van der Waals surface area (Å²) in [6.07, 6.45) is -4.34. The van der Waals surface area contributed by atoms with E-state index in [0.29, 0.717) is 10.0 Å². The summed E-state index contributed by atoms with van der Waals surface area (Å²) in [4.78, 5) is 0. The van der Waals surface area contributed by atoms with E-state index < -0.39 is 11.7 Å². The van der Waals surface area contributed by atoms with E-state index in [-0.39, 0.29) is 19.2 Å². The third-order valence-electron chi connectivity index (χ3n) is 2.29. The summed E-state index contributed by atoms with van der Waals surface area (Å²) in [6, 6.07) is 3.35. The van der Waals surface area contributed by atoms with Crippen molar-refractivity contribution in [3.05, 3.63) is 33.8 Å². The third kappa shape index (κ3) is 4.29. The van der Waals surface area contributed by atoms with Crippen molar-refractivity contribution in [3.63, 3.8) is 0 Å². The summed E-state index contributed by atoms with van der Waals surface area (Å²) < 4.78 is 38.1. The predicted molar refractivity (Wildman–Crippen MR) is 62.5 cm³/mol. The van der Waals surface area contributed by atoms with Gasteiger partial charge in [-0.1, -0.05) is 15.9 Å². The number of nitrogens with one attached hydrogen (secondary N) is 1. The summed E-state index contributed by atoms with van der Waals surface area (Å²) in [5.74, 6) is 0. The van der Waals surface area contributed by atoms with E-state index in [4.69, 9.17) is 5.11 Å². The first-order valence-corrected chi connectivity index (χ1v) is 5.83. The van der Waals surface area contributed by atoms with Crippen molar-refractivity contribution in [1.29, 1.82) is 0 Å². The highest BCUT2D eigenvalue weighted by Crippen LogP contribution is 2.31. The minimum absolute atomic E-state index is 0.0589. The molecule has 6 heteroatoms. The maximum atomic E-state index is 12.5. The molecule has 0 heterocycles. The van der Waals surface area contributed by atoms with Gasteiger partial charge in [-0.2, -0.15) is 13.2 Å². The van der Waals surface area contributed by atoms with Crippen LogP contribution in [0.2, 0.25) is 0 Å². The van der Waals surface area contributed by atoms with Crippen LogP contribution in [0.3, 0.4) is 0 Å². The minimum Gasteiger partial charge on any atom is -0.395 e. The Bertz CT molecular complexity index is 381. The molecule has 1 atom stereocenters. The Morgan fingerprint density at radius 2 is 2.06 bits per heavy atom. The number of rotatable bonds is 4. The molecule has 0 saturated heterocycles. The van der Waals surface area contributed by atoms with E-state index in [9.17, 15) is 13.2 Å². The zero-order valence-electron chi connectivity index (χ0n) is 9.18. The topological polar surface area (TPSA) is 32.3 Å². The number of alkyl halides is 3. The molecule has 0 bridgehead atoms. The molecule has 0 aromatic heterocycles. The van der Waals surface area contributed by atoms with Gasteiger partial charge in [0.25, 0.3) is 0 Å². The molecular formula is C11H13BrF3NO. The lowest BCUT2D eigenvalue weighted by Crippen LogP contribution is -2.28. The molecule has 0 radical (unpaired) electrons. The lowest BCUT2D eigenvalue weighted by molar-refractivity contribution is -0.137. The summed E-state index contributed by atoms with van der Waals surface area (Å²) in [5, 5.41) is 11.7. The zero-order valence-corrected chi connectivity index (χ0v) is 10.8. The van der Waals surface area contributed by atoms with Gasteiger partial charge in [0.1, 0.15) is 0 Å². The maximum Gasteiger partial charge on any atom is 0.416 e. The second-order valence-corrected chi connectivity index (χ2v) is 4.62. The molecule has 0 spiro atoms. The minimum atomic E-state index is -4.34. The van der Waals surface area contributed by atoms with Crippen LogP contribution >= 0.6 is 15.9 Å². The van der Waals surface area contributed by atoms with E-state index in [2.05, 4.69) is 21.2 Å². The van der Waals surface area contributed by atoms with Gasteiger partial charge in [0, 0.05) is 17.1 Å². The van der Waals surface area contributed by atoms with Gasteiger partial charge in [-0.3, -0.25) is 0 Å². The van der Waals surface area contributed by atoms with Crippen LogP contribution in [0, 0.1) is 0 Å². The fourth-order valence-corrected chi connectivity index (χ4v) is 1.62. The van der Waals surface area contributed by atoms with Crippen molar-refractivity contribution < 1.29 is 18.3 Å². The van der Waals surface area contributed by atoms with Gasteiger partial charge in [0.05, 0.1) is 12.2 Å². The first-order chi connectivity index (χ1) is 7.84. The first kappa shape index (κ1) is 14.5. The predicted octanol–water partition coefficient (Wildman–Crippen LogP) is 2.94. The fourth-order valence-electron chi connectivity index (χ4n) is 1.24. The molecule has 0 fully saturated rings. The summed E-state index contributed by atoms with van der Waals surface area (Å²) in [6.45, 7) is 1.96. The molecule has 0 aliphatic carbocycles. The summed E-state index contributed by atoms with van der Waals surface area (Å²) in [5.41, 5.74) is -0.158. The van der Waals surface area contributed by atoms with Crippen molar-refractivity contribution in [2.24, 2.45) is 0 Å². The number of hydrogen-bond acceptors (Lipinski definition) is 2. The number of halogens is 4. The molecule has 1 aromatic carbocycles. The average Bonchev–Trinajstić information content (AvgIpc) is 2.26. The van der Waals surface area contributed by atoms with Crippen LogP contribution in [0.25, 0.3) is 0 Å². The SMILES string of the molecule is CC(CO)NCc1cc(C(F)(F)F)ccc1Br. The van der Waals surface area contributed by atoms with Crippen molar-refractivity contribution in [2.45, 2.75) is 25.7 Å². The molecule has 0 aliphatic heterocycles. The van der Waals surface area contributed by atoms with E-state index >= 15 is 0 Å². The van der Waals surface area contributed by atoms with Crippen molar-refractivity contribution in [1.82, 2.24) is 5.32 Å². The Hall–Kier alpha value is -0.590. The van der Waals surface area contributed by atoms with E-state index in [0.717, 1.165) is 12.1 Å². The lowest BCUT2D eigenvalue weighted by Gasteiger charge is -2.14. The van der Waals surface area contributed by atoms with Gasteiger partial charge in [-0.25, -0.2) is 0 Å². The molecule has 2 nitrogen and oxygen atoms in total. The van der Waals surface area contributed by atoms with Crippen LogP contribution in [0.1, 0.15) is 18.1 Å². The van der Waals surface area contributed by atoms with Crippen LogP contribution in [-0.4, -0.2) is 17.8 Å². The van der Waals surface area contributed by atoms with E-state index in [1.807, 2.05) is 0 Å². The van der Waals surface area contributed by atoms with Gasteiger partial charge in [-0.05, 0) is 30.7 Å². The number of aliphatic hydroxyl groups is 1. The van der Waals surface area contributed by atoms with Crippen molar-refractivity contribution >= 4 is 15.9 Å². The molecule has 0 aliphatic rings. The van der Waals surface area contributed by atoms with Gasteiger partial charge in [0.15, 0.2) is 0 Å². The first-order valence-electron chi connectivity index (χ1n) is 5.04. The Balaban J connectivity index is 2.84. The quantitative estimate of drug-likeness (QED) is 0.896. The van der Waals surface area contributed by atoms with Crippen LogP contribution < -0.4 is 5.32 Å². The molecule has 17 heavy (non-hydrogen) atoms. The Morgan fingerprint density at radius 1 is 1.41 bits per heavy atom. The second-order valence-electron chi connectivity index (χ2n) is 3.77. The van der Waals surface area contributed by atoms with E-state index in [1.165, 1.54) is 6.07 Å². The molecule has 1 unspecified atom stereocenters. The summed E-state index contributed by atoms with van der Waals surface area (Å²) in [7, 11) is 0. The molecule has 96 valence electrons. The van der Waals surface area contributed by atoms with Gasteiger partial charge < -0.3 is 10.4 Å². The Morgan fingerprint density at radius 3 is 2.59 bits per heavy atom. The van der Waals surface area contributed by atoms with Gasteiger partial charge in [0.2, 0.25) is 0 Å². The molecule has 0 saturated carbocycles. The Kier molecular flexibility index (Phi) is 4.97. The second kappa shape index (κ2) is 5.84. The molecular weight excluding hydrogens is 299 g/mol. The lowest BCUT2D eigenvalue weighted by atomic mass is 10.1. The molecule has 2 N–H and O–H groups in total. The van der Waals surface area contributed by atoms with Crippen LogP contribution in [0.15, 0.2) is 22.7 Å². The smallest absolute Gasteiger partial charge is 0.395 e. The standard InChI is InChI=1S/C11H13BrF3NO/c1-7(6-17)16-5-8-4-9(11(13,14)15)2-3-10(8)12/h2-4,7,16-17H,5-6H2,1H3. The van der Waals surface area contributed by atoms with E-state index in [1.54, 1.807) is 6.92 Å². The molecule has 0 amide bonds. The zero-order chi connectivity index (χ0) is 13.1. The normalized spacial score (nSPS) is 13.8. The highest BCUT2D eigenvalue weighted by molar-refractivity contribution is 9.10. The van der Waals surface area contributed by atoms with Gasteiger partial charge in [-0.15, -0.1) is 0 Å². The highest BCUT2D eigenvalue weighted by atomic mass is 79.9. The van der Waals surface area contributed by atoms with Crippen LogP contribution in [0.5, 0.6) is 0 Å². The van der Waals surface area contributed by atoms with Crippen LogP contribution in [0.4, 0.5) is 13.2 Å². The third-order valence-corrected chi connectivity index (χ3v) is 3.06. The van der Waals surface area contributed by atoms with Crippen molar-refractivity contribution in [3.8, 4) is 0 Å².